The Morgan fingerprint density at radius 2 is 2.28 bits per heavy atom. The molecule has 1 aliphatic rings. The molecule has 1 aliphatic heterocycles. The van der Waals surface area contributed by atoms with Crippen LogP contribution in [0.15, 0.2) is 18.3 Å². The van der Waals surface area contributed by atoms with Gasteiger partial charge in [0.25, 0.3) is 0 Å². The molecule has 18 heavy (non-hydrogen) atoms. The summed E-state index contributed by atoms with van der Waals surface area (Å²) in [6.07, 6.45) is 4.37. The largest absolute Gasteiger partial charge is 0.494 e. The molecule has 1 fully saturated rings. The summed E-state index contributed by atoms with van der Waals surface area (Å²) in [7, 11) is 1.50. The Hall–Kier alpha value is -1.55. The molecule has 96 valence electrons. The average Bonchev–Trinajstić information content (AvgIpc) is 2.81. The predicted octanol–water partition coefficient (Wildman–Crippen LogP) is 2.78. The number of methoxy groups -OCH3 is 1. The molecule has 0 spiro atoms. The van der Waals surface area contributed by atoms with Gasteiger partial charge in [0.1, 0.15) is 0 Å². The average molecular weight is 248 g/mol. The minimum atomic E-state index is -0.319. The van der Waals surface area contributed by atoms with Crippen molar-refractivity contribution in [2.24, 2.45) is 0 Å². The maximum Gasteiger partial charge on any atom is 0.167 e. The van der Waals surface area contributed by atoms with Gasteiger partial charge in [0.05, 0.1) is 7.11 Å². The van der Waals surface area contributed by atoms with Gasteiger partial charge >= 0.3 is 0 Å². The van der Waals surface area contributed by atoms with E-state index in [0.29, 0.717) is 11.7 Å². The molecule has 1 unspecified atom stereocenters. The lowest BCUT2D eigenvalue weighted by molar-refractivity contribution is 0.387. The maximum absolute atomic E-state index is 13.6. The van der Waals surface area contributed by atoms with E-state index in [1.54, 1.807) is 6.07 Å². The van der Waals surface area contributed by atoms with Crippen LogP contribution >= 0.6 is 0 Å². The molecule has 3 nitrogen and oxygen atoms in total. The Bertz CT molecular complexity index is 558. The molecule has 2 N–H and O–H groups in total. The molecule has 0 aliphatic carbocycles. The van der Waals surface area contributed by atoms with Crippen molar-refractivity contribution < 1.29 is 9.13 Å². The van der Waals surface area contributed by atoms with Gasteiger partial charge in [-0.05, 0) is 36.9 Å². The smallest absolute Gasteiger partial charge is 0.167 e. The van der Waals surface area contributed by atoms with E-state index >= 15 is 0 Å². The first-order chi connectivity index (χ1) is 8.79. The quantitative estimate of drug-likeness (QED) is 0.857. The lowest BCUT2D eigenvalue weighted by Gasteiger charge is -2.22. The molecule has 1 aromatic carbocycles. The van der Waals surface area contributed by atoms with Crippen LogP contribution in [0.3, 0.4) is 0 Å². The number of aromatic amines is 1. The van der Waals surface area contributed by atoms with Crippen LogP contribution in [0.25, 0.3) is 10.9 Å². The zero-order valence-electron chi connectivity index (χ0n) is 10.4. The van der Waals surface area contributed by atoms with Gasteiger partial charge < -0.3 is 15.0 Å². The Labute approximate surface area is 105 Å². The van der Waals surface area contributed by atoms with Gasteiger partial charge in [-0.3, -0.25) is 0 Å². The number of rotatable bonds is 2. The summed E-state index contributed by atoms with van der Waals surface area (Å²) in [6.45, 7) is 2.09. The van der Waals surface area contributed by atoms with Crippen molar-refractivity contribution in [2.75, 3.05) is 20.2 Å². The molecule has 0 amide bonds. The second-order valence-corrected chi connectivity index (χ2v) is 4.82. The minimum absolute atomic E-state index is 0.312. The highest BCUT2D eigenvalue weighted by molar-refractivity contribution is 5.85. The Kier molecular flexibility index (Phi) is 2.96. The van der Waals surface area contributed by atoms with E-state index < -0.39 is 0 Å². The monoisotopic (exact) mass is 248 g/mol. The normalized spacial score (nSPS) is 20.2. The molecule has 3 rings (SSSR count). The van der Waals surface area contributed by atoms with E-state index in [0.717, 1.165) is 24.0 Å². The van der Waals surface area contributed by atoms with Gasteiger partial charge in [-0.1, -0.05) is 0 Å². The van der Waals surface area contributed by atoms with Crippen LogP contribution in [0.1, 0.15) is 24.3 Å². The van der Waals surface area contributed by atoms with Crippen LogP contribution in [-0.4, -0.2) is 25.2 Å². The molecule has 4 heteroatoms. The van der Waals surface area contributed by atoms with E-state index in [1.165, 1.54) is 31.6 Å². The van der Waals surface area contributed by atoms with Gasteiger partial charge in [-0.25, -0.2) is 4.39 Å². The molecule has 1 atom stereocenters. The van der Waals surface area contributed by atoms with Crippen LogP contribution < -0.4 is 10.1 Å². The number of piperidine rings is 1. The van der Waals surface area contributed by atoms with Crippen molar-refractivity contribution in [1.29, 1.82) is 0 Å². The number of aromatic nitrogens is 1. The first kappa shape index (κ1) is 11.5. The van der Waals surface area contributed by atoms with Gasteiger partial charge in [0, 0.05) is 29.7 Å². The van der Waals surface area contributed by atoms with Gasteiger partial charge in [0.15, 0.2) is 11.6 Å². The number of nitrogens with one attached hydrogen (secondary N) is 2. The lowest BCUT2D eigenvalue weighted by Crippen LogP contribution is -2.28. The molecule has 1 saturated heterocycles. The van der Waals surface area contributed by atoms with E-state index in [1.807, 2.05) is 6.20 Å². The van der Waals surface area contributed by atoms with Crippen molar-refractivity contribution in [2.45, 2.75) is 18.8 Å². The Balaban J connectivity index is 2.06. The fraction of sp³-hybridized carbons (Fsp3) is 0.429. The number of halogens is 1. The lowest BCUT2D eigenvalue weighted by atomic mass is 9.91. The second-order valence-electron chi connectivity index (χ2n) is 4.82. The van der Waals surface area contributed by atoms with E-state index in [9.17, 15) is 4.39 Å². The summed E-state index contributed by atoms with van der Waals surface area (Å²) in [6, 6.07) is 3.30. The number of fused-ring (bicyclic) bond motifs is 1. The second kappa shape index (κ2) is 4.61. The number of hydrogen-bond donors (Lipinski definition) is 2. The van der Waals surface area contributed by atoms with Crippen LogP contribution in [0.5, 0.6) is 5.75 Å². The first-order valence-electron chi connectivity index (χ1n) is 6.35. The molecule has 1 aromatic heterocycles. The van der Waals surface area contributed by atoms with Gasteiger partial charge in [0.2, 0.25) is 0 Å². The number of hydrogen-bond acceptors (Lipinski definition) is 2. The fourth-order valence-electron chi connectivity index (χ4n) is 2.76. The zero-order chi connectivity index (χ0) is 12.5. The van der Waals surface area contributed by atoms with Gasteiger partial charge in [-0.2, -0.15) is 0 Å². The van der Waals surface area contributed by atoms with E-state index in [2.05, 4.69) is 10.3 Å². The third kappa shape index (κ3) is 1.86. The standard InChI is InChI=1S/C14H17FN2O/c1-18-14-5-10-11(9-3-2-4-16-7-9)8-17-13(10)6-12(14)15/h5-6,8-9,16-17H,2-4,7H2,1H3. The molecule has 0 radical (unpaired) electrons. The number of benzene rings is 1. The number of ether oxygens (including phenoxy) is 1. The molecular formula is C14H17FN2O. The summed E-state index contributed by atoms with van der Waals surface area (Å²) in [5.74, 6) is 0.495. The summed E-state index contributed by atoms with van der Waals surface area (Å²) in [5, 5.41) is 4.48. The summed E-state index contributed by atoms with van der Waals surface area (Å²) in [4.78, 5) is 3.15. The van der Waals surface area contributed by atoms with Crippen molar-refractivity contribution in [3.63, 3.8) is 0 Å². The summed E-state index contributed by atoms with van der Waals surface area (Å²) >= 11 is 0. The van der Waals surface area contributed by atoms with Crippen LogP contribution in [0, 0.1) is 5.82 Å². The summed E-state index contributed by atoms with van der Waals surface area (Å²) in [5.41, 5.74) is 2.10. The molecule has 2 aromatic rings. The molecule has 0 saturated carbocycles. The van der Waals surface area contributed by atoms with Crippen LogP contribution in [0.2, 0.25) is 0 Å². The van der Waals surface area contributed by atoms with Crippen LogP contribution in [-0.2, 0) is 0 Å². The minimum Gasteiger partial charge on any atom is -0.494 e. The molecule has 2 heterocycles. The first-order valence-corrected chi connectivity index (χ1v) is 6.35. The highest BCUT2D eigenvalue weighted by Gasteiger charge is 2.19. The third-order valence-electron chi connectivity index (χ3n) is 3.72. The van der Waals surface area contributed by atoms with Crippen molar-refractivity contribution in [3.8, 4) is 5.75 Å². The predicted molar refractivity (Wildman–Crippen MR) is 69.7 cm³/mol. The molecule has 0 bridgehead atoms. The Morgan fingerprint density at radius 1 is 1.39 bits per heavy atom. The highest BCUT2D eigenvalue weighted by atomic mass is 19.1. The SMILES string of the molecule is COc1cc2c(C3CCCNC3)c[nH]c2cc1F. The zero-order valence-corrected chi connectivity index (χ0v) is 10.4. The van der Waals surface area contributed by atoms with E-state index in [-0.39, 0.29) is 5.82 Å². The van der Waals surface area contributed by atoms with Crippen LogP contribution in [0.4, 0.5) is 4.39 Å². The number of H-pyrrole nitrogens is 1. The Morgan fingerprint density at radius 3 is 3.00 bits per heavy atom. The van der Waals surface area contributed by atoms with Gasteiger partial charge in [-0.15, -0.1) is 0 Å². The third-order valence-corrected chi connectivity index (χ3v) is 3.72. The topological polar surface area (TPSA) is 37.0 Å². The fourth-order valence-corrected chi connectivity index (χ4v) is 2.76. The van der Waals surface area contributed by atoms with Crippen molar-refractivity contribution >= 4 is 10.9 Å². The summed E-state index contributed by atoms with van der Waals surface area (Å²) < 4.78 is 18.7. The maximum atomic E-state index is 13.6. The van der Waals surface area contributed by atoms with Crippen molar-refractivity contribution in [1.82, 2.24) is 10.3 Å². The molecular weight excluding hydrogens is 231 g/mol. The van der Waals surface area contributed by atoms with E-state index in [4.69, 9.17) is 4.74 Å². The highest BCUT2D eigenvalue weighted by Crippen LogP contribution is 2.33. The van der Waals surface area contributed by atoms with Crippen molar-refractivity contribution in [3.05, 3.63) is 29.7 Å².